The number of anilines is 1. The lowest BCUT2D eigenvalue weighted by Gasteiger charge is -2.24. The highest BCUT2D eigenvalue weighted by Crippen LogP contribution is 2.39. The minimum absolute atomic E-state index is 0.299. The fraction of sp³-hybridized carbons (Fsp3) is 0.333. The molecule has 1 amide bonds. The molecule has 5 nitrogen and oxygen atoms in total. The second kappa shape index (κ2) is 4.34. The van der Waals surface area contributed by atoms with Crippen molar-refractivity contribution in [2.45, 2.75) is 6.42 Å². The number of carbonyl (C=O) groups is 1. The Morgan fingerprint density at radius 2 is 2.00 bits per heavy atom. The Hall–Kier alpha value is -2.22. The SMILES string of the molecule is COc1ccc(OC)c2c1CC(C#N)C(=O)N2. The first-order chi connectivity index (χ1) is 8.21. The van der Waals surface area contributed by atoms with Crippen molar-refractivity contribution in [2.24, 2.45) is 5.92 Å². The van der Waals surface area contributed by atoms with Crippen molar-refractivity contribution in [3.8, 4) is 17.6 Å². The molecule has 1 heterocycles. The molecule has 1 N–H and O–H groups in total. The minimum Gasteiger partial charge on any atom is -0.496 e. The molecule has 0 spiro atoms. The summed E-state index contributed by atoms with van der Waals surface area (Å²) >= 11 is 0. The van der Waals surface area contributed by atoms with E-state index in [4.69, 9.17) is 14.7 Å². The second-order valence-corrected chi connectivity index (χ2v) is 3.70. The van der Waals surface area contributed by atoms with Crippen molar-refractivity contribution >= 4 is 11.6 Å². The van der Waals surface area contributed by atoms with Crippen LogP contribution in [0.1, 0.15) is 5.56 Å². The van der Waals surface area contributed by atoms with Crippen LogP contribution in [0, 0.1) is 17.2 Å². The highest BCUT2D eigenvalue weighted by atomic mass is 16.5. The molecule has 0 fully saturated rings. The van der Waals surface area contributed by atoms with E-state index in [1.165, 1.54) is 7.11 Å². The van der Waals surface area contributed by atoms with Crippen LogP contribution in [0.3, 0.4) is 0 Å². The van der Waals surface area contributed by atoms with Crippen LogP contribution >= 0.6 is 0 Å². The summed E-state index contributed by atoms with van der Waals surface area (Å²) in [6.45, 7) is 0. The van der Waals surface area contributed by atoms with Gasteiger partial charge in [0.1, 0.15) is 17.4 Å². The van der Waals surface area contributed by atoms with Crippen LogP contribution in [0.5, 0.6) is 11.5 Å². The number of fused-ring (bicyclic) bond motifs is 1. The summed E-state index contributed by atoms with van der Waals surface area (Å²) in [5, 5.41) is 11.6. The number of nitrogens with zero attached hydrogens (tertiary/aromatic N) is 1. The highest BCUT2D eigenvalue weighted by molar-refractivity contribution is 5.99. The van der Waals surface area contributed by atoms with Gasteiger partial charge in [0.05, 0.1) is 26.0 Å². The lowest BCUT2D eigenvalue weighted by Crippen LogP contribution is -2.29. The standard InChI is InChI=1S/C12H12N2O3/c1-16-9-3-4-10(17-2)11-8(9)5-7(6-13)12(15)14-11/h3-4,7H,5H2,1-2H3,(H,14,15). The molecule has 0 saturated heterocycles. The summed E-state index contributed by atoms with van der Waals surface area (Å²) in [5.74, 6) is 0.252. The molecule has 1 aliphatic rings. The molecule has 0 radical (unpaired) electrons. The van der Waals surface area contributed by atoms with E-state index in [-0.39, 0.29) is 5.91 Å². The molecule has 0 aromatic heterocycles. The summed E-state index contributed by atoms with van der Waals surface area (Å²) in [6, 6.07) is 5.47. The van der Waals surface area contributed by atoms with Gasteiger partial charge in [-0.25, -0.2) is 0 Å². The van der Waals surface area contributed by atoms with E-state index in [9.17, 15) is 4.79 Å². The summed E-state index contributed by atoms with van der Waals surface area (Å²) in [5.41, 5.74) is 1.40. The van der Waals surface area contributed by atoms with Gasteiger partial charge in [0.25, 0.3) is 0 Å². The molecule has 5 heteroatoms. The highest BCUT2D eigenvalue weighted by Gasteiger charge is 2.30. The Morgan fingerprint density at radius 3 is 2.59 bits per heavy atom. The first-order valence-electron chi connectivity index (χ1n) is 5.15. The topological polar surface area (TPSA) is 71.3 Å². The van der Waals surface area contributed by atoms with Gasteiger partial charge in [-0.15, -0.1) is 0 Å². The molecule has 1 unspecified atom stereocenters. The largest absolute Gasteiger partial charge is 0.496 e. The molecule has 88 valence electrons. The van der Waals surface area contributed by atoms with E-state index in [1.54, 1.807) is 19.2 Å². The Balaban J connectivity index is 2.54. The monoisotopic (exact) mass is 232 g/mol. The molecule has 0 bridgehead atoms. The molecular formula is C12H12N2O3. The van der Waals surface area contributed by atoms with Gasteiger partial charge in [-0.1, -0.05) is 0 Å². The van der Waals surface area contributed by atoms with E-state index in [1.807, 2.05) is 6.07 Å². The first-order valence-corrected chi connectivity index (χ1v) is 5.15. The molecule has 2 rings (SSSR count). The fourth-order valence-corrected chi connectivity index (χ4v) is 1.92. The lowest BCUT2D eigenvalue weighted by atomic mass is 9.93. The Kier molecular flexibility index (Phi) is 2.88. The number of nitriles is 1. The number of nitrogens with one attached hydrogen (secondary N) is 1. The third-order valence-corrected chi connectivity index (χ3v) is 2.80. The summed E-state index contributed by atoms with van der Waals surface area (Å²) in [4.78, 5) is 11.6. The van der Waals surface area contributed by atoms with Gasteiger partial charge in [0.15, 0.2) is 0 Å². The van der Waals surface area contributed by atoms with Crippen LogP contribution in [-0.2, 0) is 11.2 Å². The Morgan fingerprint density at radius 1 is 1.35 bits per heavy atom. The van der Waals surface area contributed by atoms with Crippen LogP contribution in [0.25, 0.3) is 0 Å². The minimum atomic E-state index is -0.677. The van der Waals surface area contributed by atoms with Gasteiger partial charge >= 0.3 is 0 Å². The van der Waals surface area contributed by atoms with Crippen LogP contribution in [0.2, 0.25) is 0 Å². The van der Waals surface area contributed by atoms with Crippen molar-refractivity contribution in [3.05, 3.63) is 17.7 Å². The molecule has 1 aromatic rings. The van der Waals surface area contributed by atoms with Gasteiger partial charge in [-0.05, 0) is 12.1 Å². The fourth-order valence-electron chi connectivity index (χ4n) is 1.92. The number of benzene rings is 1. The van der Waals surface area contributed by atoms with Gasteiger partial charge in [-0.3, -0.25) is 4.79 Å². The van der Waals surface area contributed by atoms with Crippen molar-refractivity contribution in [3.63, 3.8) is 0 Å². The normalized spacial score (nSPS) is 17.7. The average molecular weight is 232 g/mol. The molecule has 1 aliphatic heterocycles. The Labute approximate surface area is 98.9 Å². The summed E-state index contributed by atoms with van der Waals surface area (Å²) in [6.07, 6.45) is 0.345. The summed E-state index contributed by atoms with van der Waals surface area (Å²) < 4.78 is 10.4. The molecule has 1 atom stereocenters. The quantitative estimate of drug-likeness (QED) is 0.835. The number of carbonyl (C=O) groups excluding carboxylic acids is 1. The molecule has 1 aromatic carbocycles. The Bertz CT molecular complexity index is 505. The van der Waals surface area contributed by atoms with Crippen LogP contribution in [0.4, 0.5) is 5.69 Å². The first kappa shape index (κ1) is 11.3. The van der Waals surface area contributed by atoms with E-state index in [2.05, 4.69) is 5.32 Å². The maximum absolute atomic E-state index is 11.6. The van der Waals surface area contributed by atoms with Gasteiger partial charge in [-0.2, -0.15) is 5.26 Å². The molecule has 0 aliphatic carbocycles. The maximum Gasteiger partial charge on any atom is 0.242 e. The predicted molar refractivity (Wildman–Crippen MR) is 61.0 cm³/mol. The average Bonchev–Trinajstić information content (AvgIpc) is 2.36. The number of hydrogen-bond acceptors (Lipinski definition) is 4. The number of methoxy groups -OCH3 is 2. The van der Waals surface area contributed by atoms with E-state index < -0.39 is 5.92 Å². The van der Waals surface area contributed by atoms with Crippen LogP contribution in [0.15, 0.2) is 12.1 Å². The second-order valence-electron chi connectivity index (χ2n) is 3.70. The zero-order valence-electron chi connectivity index (χ0n) is 9.61. The molecule has 17 heavy (non-hydrogen) atoms. The number of hydrogen-bond donors (Lipinski definition) is 1. The predicted octanol–water partition coefficient (Wildman–Crippen LogP) is 1.34. The third kappa shape index (κ3) is 1.78. The van der Waals surface area contributed by atoms with E-state index in [0.717, 1.165) is 5.56 Å². The van der Waals surface area contributed by atoms with Crippen molar-refractivity contribution in [2.75, 3.05) is 19.5 Å². The van der Waals surface area contributed by atoms with Crippen molar-refractivity contribution in [1.82, 2.24) is 0 Å². The summed E-state index contributed by atoms with van der Waals surface area (Å²) in [7, 11) is 3.09. The lowest BCUT2D eigenvalue weighted by molar-refractivity contribution is -0.118. The smallest absolute Gasteiger partial charge is 0.242 e. The zero-order valence-corrected chi connectivity index (χ0v) is 9.61. The van der Waals surface area contributed by atoms with Crippen molar-refractivity contribution < 1.29 is 14.3 Å². The van der Waals surface area contributed by atoms with Gasteiger partial charge in [0.2, 0.25) is 5.91 Å². The molecular weight excluding hydrogens is 220 g/mol. The third-order valence-electron chi connectivity index (χ3n) is 2.80. The number of ether oxygens (including phenoxy) is 2. The van der Waals surface area contributed by atoms with Crippen LogP contribution in [-0.4, -0.2) is 20.1 Å². The number of amides is 1. The van der Waals surface area contributed by atoms with E-state index in [0.29, 0.717) is 23.6 Å². The zero-order chi connectivity index (χ0) is 12.4. The van der Waals surface area contributed by atoms with Gasteiger partial charge in [0, 0.05) is 12.0 Å². The maximum atomic E-state index is 11.6. The van der Waals surface area contributed by atoms with E-state index >= 15 is 0 Å². The molecule has 0 saturated carbocycles. The van der Waals surface area contributed by atoms with Crippen LogP contribution < -0.4 is 14.8 Å². The van der Waals surface area contributed by atoms with Gasteiger partial charge < -0.3 is 14.8 Å². The number of rotatable bonds is 2. The van der Waals surface area contributed by atoms with Crippen molar-refractivity contribution in [1.29, 1.82) is 5.26 Å².